The zero-order chi connectivity index (χ0) is 16.1. The monoisotopic (exact) mass is 287 g/mol. The molecule has 0 spiro atoms. The molecule has 0 heterocycles. The SMILES string of the molecule is CC(C)(C)c1ccc(OCCCCC#N)c(C(C)(C)C)c1. The second-order valence-electron chi connectivity index (χ2n) is 7.67. The zero-order valence-electron chi connectivity index (χ0n) is 14.4. The Labute approximate surface area is 130 Å². The van der Waals surface area contributed by atoms with Crippen LogP contribution in [0.5, 0.6) is 5.75 Å². The normalized spacial score (nSPS) is 12.0. The van der Waals surface area contributed by atoms with Crippen molar-refractivity contribution >= 4 is 0 Å². The highest BCUT2D eigenvalue weighted by Crippen LogP contribution is 2.35. The molecule has 0 atom stereocenters. The van der Waals surface area contributed by atoms with Crippen molar-refractivity contribution in [2.75, 3.05) is 6.61 Å². The van der Waals surface area contributed by atoms with Gasteiger partial charge in [-0.3, -0.25) is 0 Å². The zero-order valence-corrected chi connectivity index (χ0v) is 14.4. The maximum atomic E-state index is 8.55. The summed E-state index contributed by atoms with van der Waals surface area (Å²) in [6, 6.07) is 8.72. The molecule has 0 aliphatic carbocycles. The highest BCUT2D eigenvalue weighted by molar-refractivity contribution is 5.43. The second kappa shape index (κ2) is 6.98. The molecule has 0 aliphatic heterocycles. The van der Waals surface area contributed by atoms with E-state index in [9.17, 15) is 0 Å². The van der Waals surface area contributed by atoms with Crippen LogP contribution in [0.15, 0.2) is 18.2 Å². The Hall–Kier alpha value is -1.49. The van der Waals surface area contributed by atoms with E-state index in [4.69, 9.17) is 10.00 Å². The first kappa shape index (κ1) is 17.6. The number of nitrogens with zero attached hydrogens (tertiary/aromatic N) is 1. The largest absolute Gasteiger partial charge is 0.493 e. The second-order valence-corrected chi connectivity index (χ2v) is 7.67. The Morgan fingerprint density at radius 2 is 1.67 bits per heavy atom. The summed E-state index contributed by atoms with van der Waals surface area (Å²) >= 11 is 0. The van der Waals surface area contributed by atoms with Gasteiger partial charge in [0.2, 0.25) is 0 Å². The van der Waals surface area contributed by atoms with E-state index in [1.54, 1.807) is 0 Å². The van der Waals surface area contributed by atoms with Gasteiger partial charge >= 0.3 is 0 Å². The molecule has 1 aromatic carbocycles. The van der Waals surface area contributed by atoms with Gasteiger partial charge < -0.3 is 4.74 Å². The number of hydrogen-bond acceptors (Lipinski definition) is 2. The molecule has 1 rings (SSSR count). The quantitative estimate of drug-likeness (QED) is 0.683. The van der Waals surface area contributed by atoms with E-state index in [0.717, 1.165) is 18.6 Å². The fourth-order valence-electron chi connectivity index (χ4n) is 2.20. The molecule has 2 heteroatoms. The first-order valence-electron chi connectivity index (χ1n) is 7.81. The predicted octanol–water partition coefficient (Wildman–Crippen LogP) is 5.35. The number of ether oxygens (including phenoxy) is 1. The van der Waals surface area contributed by atoms with Crippen LogP contribution in [0.25, 0.3) is 0 Å². The van der Waals surface area contributed by atoms with Crippen molar-refractivity contribution in [3.8, 4) is 11.8 Å². The van der Waals surface area contributed by atoms with Gasteiger partial charge in [0.1, 0.15) is 5.75 Å². The Kier molecular flexibility index (Phi) is 5.84. The summed E-state index contributed by atoms with van der Waals surface area (Å²) in [6.45, 7) is 14.0. The minimum atomic E-state index is 0.0588. The van der Waals surface area contributed by atoms with Crippen molar-refractivity contribution < 1.29 is 4.74 Å². The minimum Gasteiger partial charge on any atom is -0.493 e. The molecule has 0 N–H and O–H groups in total. The number of hydrogen-bond donors (Lipinski definition) is 0. The number of benzene rings is 1. The summed E-state index contributed by atoms with van der Waals surface area (Å²) < 4.78 is 5.97. The third kappa shape index (κ3) is 5.42. The van der Waals surface area contributed by atoms with Crippen LogP contribution in [0.2, 0.25) is 0 Å². The minimum absolute atomic E-state index is 0.0588. The molecule has 0 fully saturated rings. The average molecular weight is 287 g/mol. The lowest BCUT2D eigenvalue weighted by molar-refractivity contribution is 0.299. The molecule has 0 unspecified atom stereocenters. The topological polar surface area (TPSA) is 33.0 Å². The smallest absolute Gasteiger partial charge is 0.123 e. The van der Waals surface area contributed by atoms with E-state index in [2.05, 4.69) is 65.8 Å². The van der Waals surface area contributed by atoms with Crippen molar-refractivity contribution in [1.82, 2.24) is 0 Å². The Balaban J connectivity index is 2.91. The molecule has 0 bridgehead atoms. The summed E-state index contributed by atoms with van der Waals surface area (Å²) in [7, 11) is 0. The Bertz CT molecular complexity index is 498. The van der Waals surface area contributed by atoms with Crippen LogP contribution in [0.1, 0.15) is 71.9 Å². The molecule has 0 amide bonds. The van der Waals surface area contributed by atoms with Crippen LogP contribution < -0.4 is 4.74 Å². The van der Waals surface area contributed by atoms with Gasteiger partial charge in [-0.1, -0.05) is 53.7 Å². The van der Waals surface area contributed by atoms with Crippen LogP contribution in [0.4, 0.5) is 0 Å². The van der Waals surface area contributed by atoms with Gasteiger partial charge in [0.15, 0.2) is 0 Å². The van der Waals surface area contributed by atoms with Crippen molar-refractivity contribution in [2.24, 2.45) is 0 Å². The number of unbranched alkanes of at least 4 members (excludes halogenated alkanes) is 2. The van der Waals surface area contributed by atoms with Crippen molar-refractivity contribution in [3.63, 3.8) is 0 Å². The van der Waals surface area contributed by atoms with E-state index in [-0.39, 0.29) is 10.8 Å². The molecule has 116 valence electrons. The van der Waals surface area contributed by atoms with Crippen LogP contribution >= 0.6 is 0 Å². The summed E-state index contributed by atoms with van der Waals surface area (Å²) in [5.74, 6) is 0.979. The summed E-state index contributed by atoms with van der Waals surface area (Å²) in [5, 5.41) is 8.55. The standard InChI is InChI=1S/C19H29NO/c1-18(2,3)15-10-11-17(16(14-15)19(4,5)6)21-13-9-7-8-12-20/h10-11,14H,7-9,13H2,1-6H3. The number of nitriles is 1. The maximum Gasteiger partial charge on any atom is 0.123 e. The molecular weight excluding hydrogens is 258 g/mol. The summed E-state index contributed by atoms with van der Waals surface area (Å²) in [5.41, 5.74) is 2.80. The van der Waals surface area contributed by atoms with Crippen LogP contribution in [-0.4, -0.2) is 6.61 Å². The van der Waals surface area contributed by atoms with Gasteiger partial charge in [0, 0.05) is 6.42 Å². The van der Waals surface area contributed by atoms with Crippen LogP contribution in [0.3, 0.4) is 0 Å². The van der Waals surface area contributed by atoms with E-state index in [0.29, 0.717) is 13.0 Å². The van der Waals surface area contributed by atoms with E-state index >= 15 is 0 Å². The predicted molar refractivity (Wildman–Crippen MR) is 88.8 cm³/mol. The van der Waals surface area contributed by atoms with Gasteiger partial charge in [0.05, 0.1) is 12.7 Å². The molecule has 0 radical (unpaired) electrons. The van der Waals surface area contributed by atoms with Crippen molar-refractivity contribution in [3.05, 3.63) is 29.3 Å². The van der Waals surface area contributed by atoms with E-state index < -0.39 is 0 Å². The molecular formula is C19H29NO. The lowest BCUT2D eigenvalue weighted by Gasteiger charge is -2.27. The third-order valence-corrected chi connectivity index (χ3v) is 3.59. The lowest BCUT2D eigenvalue weighted by Crippen LogP contribution is -2.17. The van der Waals surface area contributed by atoms with E-state index in [1.165, 1.54) is 11.1 Å². The summed E-state index contributed by atoms with van der Waals surface area (Å²) in [4.78, 5) is 0. The maximum absolute atomic E-state index is 8.55. The van der Waals surface area contributed by atoms with Gasteiger partial charge in [-0.25, -0.2) is 0 Å². The molecule has 0 aliphatic rings. The van der Waals surface area contributed by atoms with Gasteiger partial charge in [0.25, 0.3) is 0 Å². The molecule has 0 saturated heterocycles. The fourth-order valence-corrected chi connectivity index (χ4v) is 2.20. The van der Waals surface area contributed by atoms with E-state index in [1.807, 2.05) is 0 Å². The van der Waals surface area contributed by atoms with Gasteiger partial charge in [-0.2, -0.15) is 5.26 Å². The van der Waals surface area contributed by atoms with Crippen LogP contribution in [0, 0.1) is 11.3 Å². The number of rotatable bonds is 5. The van der Waals surface area contributed by atoms with Crippen LogP contribution in [-0.2, 0) is 10.8 Å². The van der Waals surface area contributed by atoms with Crippen molar-refractivity contribution in [1.29, 1.82) is 5.26 Å². The molecule has 2 nitrogen and oxygen atoms in total. The summed E-state index contributed by atoms with van der Waals surface area (Å²) in [6.07, 6.45) is 2.44. The fraction of sp³-hybridized carbons (Fsp3) is 0.632. The van der Waals surface area contributed by atoms with Crippen molar-refractivity contribution in [2.45, 2.75) is 71.6 Å². The lowest BCUT2D eigenvalue weighted by atomic mass is 9.80. The first-order chi connectivity index (χ1) is 9.66. The molecule has 1 aromatic rings. The Morgan fingerprint density at radius 1 is 1.00 bits per heavy atom. The highest BCUT2D eigenvalue weighted by Gasteiger charge is 2.22. The highest BCUT2D eigenvalue weighted by atomic mass is 16.5. The van der Waals surface area contributed by atoms with Gasteiger partial charge in [-0.15, -0.1) is 0 Å². The first-order valence-corrected chi connectivity index (χ1v) is 7.81. The Morgan fingerprint density at radius 3 is 2.19 bits per heavy atom. The average Bonchev–Trinajstić information content (AvgIpc) is 2.36. The van der Waals surface area contributed by atoms with Gasteiger partial charge in [-0.05, 0) is 40.9 Å². The molecule has 21 heavy (non-hydrogen) atoms. The third-order valence-electron chi connectivity index (χ3n) is 3.59. The molecule has 0 aromatic heterocycles. The molecule has 0 saturated carbocycles.